The molecule has 0 amide bonds. The zero-order chi connectivity index (χ0) is 19.9. The van der Waals surface area contributed by atoms with E-state index < -0.39 is 10.0 Å². The van der Waals surface area contributed by atoms with Crippen LogP contribution in [0.4, 0.5) is 11.6 Å². The lowest BCUT2D eigenvalue weighted by Gasteiger charge is -2.12. The Morgan fingerprint density at radius 3 is 2.33 bits per heavy atom. The van der Waals surface area contributed by atoms with Gasteiger partial charge in [-0.3, -0.25) is 4.72 Å². The van der Waals surface area contributed by atoms with E-state index in [9.17, 15) is 8.42 Å². The van der Waals surface area contributed by atoms with Crippen molar-refractivity contribution in [3.63, 3.8) is 0 Å². The van der Waals surface area contributed by atoms with Gasteiger partial charge < -0.3 is 19.7 Å². The maximum absolute atomic E-state index is 12.7. The second-order valence-corrected chi connectivity index (χ2v) is 7.66. The molecular formula is C17H25N5O4S. The van der Waals surface area contributed by atoms with E-state index in [2.05, 4.69) is 25.1 Å². The summed E-state index contributed by atoms with van der Waals surface area (Å²) in [6.07, 6.45) is 0.957. The van der Waals surface area contributed by atoms with Crippen molar-refractivity contribution in [2.24, 2.45) is 0 Å². The summed E-state index contributed by atoms with van der Waals surface area (Å²) in [5.74, 6) is 1.30. The molecule has 0 fully saturated rings. The standard InChI is InChI=1S/C17H25N5O4S/c1-22(2)11-5-10-18-16-8-9-17(20-19-16)21-27(23,24)15-12-13(25-3)6-7-14(15)26-4/h6-9,12H,5,10-11H2,1-4H3,(H,18,19)(H,20,21). The fraction of sp³-hybridized carbons (Fsp3) is 0.412. The molecule has 1 heterocycles. The molecule has 0 aliphatic rings. The molecule has 0 radical (unpaired) electrons. The predicted molar refractivity (Wildman–Crippen MR) is 104 cm³/mol. The minimum Gasteiger partial charge on any atom is -0.497 e. The van der Waals surface area contributed by atoms with Gasteiger partial charge in [-0.25, -0.2) is 8.42 Å². The van der Waals surface area contributed by atoms with Gasteiger partial charge in [-0.2, -0.15) is 0 Å². The van der Waals surface area contributed by atoms with Crippen LogP contribution in [0, 0.1) is 0 Å². The van der Waals surface area contributed by atoms with Crippen molar-refractivity contribution in [2.75, 3.05) is 51.4 Å². The van der Waals surface area contributed by atoms with Crippen LogP contribution in [0.3, 0.4) is 0 Å². The molecule has 0 atom stereocenters. The second-order valence-electron chi connectivity index (χ2n) is 6.01. The smallest absolute Gasteiger partial charge is 0.266 e. The lowest BCUT2D eigenvalue weighted by atomic mass is 10.3. The number of benzene rings is 1. The SMILES string of the molecule is COc1ccc(OC)c(S(=O)(=O)Nc2ccc(NCCCN(C)C)nn2)c1. The Balaban J connectivity index is 2.07. The molecule has 0 aliphatic carbocycles. The van der Waals surface area contributed by atoms with Crippen LogP contribution in [0.5, 0.6) is 11.5 Å². The number of aromatic nitrogens is 2. The first-order valence-electron chi connectivity index (χ1n) is 8.33. The number of hydrogen-bond donors (Lipinski definition) is 2. The summed E-state index contributed by atoms with van der Waals surface area (Å²) in [4.78, 5) is 2.05. The highest BCUT2D eigenvalue weighted by molar-refractivity contribution is 7.92. The molecule has 9 nitrogen and oxygen atoms in total. The van der Waals surface area contributed by atoms with Crippen LogP contribution in [0.15, 0.2) is 35.2 Å². The van der Waals surface area contributed by atoms with E-state index in [0.717, 1.165) is 19.5 Å². The number of rotatable bonds is 10. The molecule has 27 heavy (non-hydrogen) atoms. The topological polar surface area (TPSA) is 106 Å². The Morgan fingerprint density at radius 2 is 1.74 bits per heavy atom. The molecular weight excluding hydrogens is 370 g/mol. The third-order valence-electron chi connectivity index (χ3n) is 3.65. The average molecular weight is 395 g/mol. The van der Waals surface area contributed by atoms with Crippen molar-refractivity contribution >= 4 is 21.7 Å². The molecule has 1 aromatic carbocycles. The van der Waals surface area contributed by atoms with E-state index >= 15 is 0 Å². The average Bonchev–Trinajstić information content (AvgIpc) is 2.65. The fourth-order valence-electron chi connectivity index (χ4n) is 2.28. The molecule has 0 saturated carbocycles. The Labute approximate surface area is 159 Å². The number of hydrogen-bond acceptors (Lipinski definition) is 8. The van der Waals surface area contributed by atoms with Crippen LogP contribution < -0.4 is 19.5 Å². The number of nitrogens with zero attached hydrogens (tertiary/aromatic N) is 3. The summed E-state index contributed by atoms with van der Waals surface area (Å²) in [5.41, 5.74) is 0. The van der Waals surface area contributed by atoms with Crippen molar-refractivity contribution in [1.82, 2.24) is 15.1 Å². The van der Waals surface area contributed by atoms with Gasteiger partial charge >= 0.3 is 0 Å². The molecule has 1 aromatic heterocycles. The zero-order valence-electron chi connectivity index (χ0n) is 15.9. The summed E-state index contributed by atoms with van der Waals surface area (Å²) in [6.45, 7) is 1.71. The van der Waals surface area contributed by atoms with Crippen LogP contribution in [0.25, 0.3) is 0 Å². The van der Waals surface area contributed by atoms with Crippen LogP contribution in [0.2, 0.25) is 0 Å². The van der Waals surface area contributed by atoms with Crippen LogP contribution in [-0.2, 0) is 10.0 Å². The van der Waals surface area contributed by atoms with Gasteiger partial charge in [0.2, 0.25) is 0 Å². The third kappa shape index (κ3) is 5.97. The number of sulfonamides is 1. The van der Waals surface area contributed by atoms with Gasteiger partial charge in [-0.1, -0.05) is 0 Å². The Hall–Kier alpha value is -2.59. The molecule has 0 spiro atoms. The van der Waals surface area contributed by atoms with E-state index in [1.54, 1.807) is 18.2 Å². The van der Waals surface area contributed by atoms with Gasteiger partial charge in [-0.15, -0.1) is 10.2 Å². The van der Waals surface area contributed by atoms with E-state index in [0.29, 0.717) is 11.6 Å². The molecule has 2 aromatic rings. The normalized spacial score (nSPS) is 11.3. The van der Waals surface area contributed by atoms with Gasteiger partial charge in [0.25, 0.3) is 10.0 Å². The third-order valence-corrected chi connectivity index (χ3v) is 5.03. The number of anilines is 2. The first-order valence-corrected chi connectivity index (χ1v) is 9.81. The largest absolute Gasteiger partial charge is 0.497 e. The molecule has 2 rings (SSSR count). The van der Waals surface area contributed by atoms with Crippen LogP contribution in [0.1, 0.15) is 6.42 Å². The zero-order valence-corrected chi connectivity index (χ0v) is 16.7. The Bertz CT molecular complexity index is 841. The van der Waals surface area contributed by atoms with Gasteiger partial charge in [0, 0.05) is 12.6 Å². The highest BCUT2D eigenvalue weighted by Crippen LogP contribution is 2.29. The van der Waals surface area contributed by atoms with Crippen molar-refractivity contribution in [3.8, 4) is 11.5 Å². The summed E-state index contributed by atoms with van der Waals surface area (Å²) >= 11 is 0. The molecule has 0 saturated heterocycles. The van der Waals surface area contributed by atoms with E-state index in [1.807, 2.05) is 14.1 Å². The summed E-state index contributed by atoms with van der Waals surface area (Å²) in [5, 5.41) is 11.0. The molecule has 10 heteroatoms. The van der Waals surface area contributed by atoms with Gasteiger partial charge in [0.05, 0.1) is 14.2 Å². The van der Waals surface area contributed by atoms with Crippen LogP contribution >= 0.6 is 0 Å². The minimum atomic E-state index is -3.92. The Kier molecular flexibility index (Phi) is 7.19. The summed E-state index contributed by atoms with van der Waals surface area (Å²) in [6, 6.07) is 7.75. The highest BCUT2D eigenvalue weighted by atomic mass is 32.2. The highest BCUT2D eigenvalue weighted by Gasteiger charge is 2.21. The van der Waals surface area contributed by atoms with Gasteiger partial charge in [-0.05, 0) is 51.3 Å². The van der Waals surface area contributed by atoms with Crippen LogP contribution in [-0.4, -0.2) is 64.9 Å². The maximum Gasteiger partial charge on any atom is 0.266 e. The summed E-state index contributed by atoms with van der Waals surface area (Å²) in [7, 11) is 2.97. The molecule has 0 bridgehead atoms. The number of nitrogens with one attached hydrogen (secondary N) is 2. The molecule has 0 unspecified atom stereocenters. The van der Waals surface area contributed by atoms with Gasteiger partial charge in [0.1, 0.15) is 22.2 Å². The van der Waals surface area contributed by atoms with Gasteiger partial charge in [0.15, 0.2) is 5.82 Å². The lowest BCUT2D eigenvalue weighted by molar-refractivity contribution is 0.392. The quantitative estimate of drug-likeness (QED) is 0.585. The second kappa shape index (κ2) is 9.38. The lowest BCUT2D eigenvalue weighted by Crippen LogP contribution is -2.17. The van der Waals surface area contributed by atoms with Crippen molar-refractivity contribution in [3.05, 3.63) is 30.3 Å². The van der Waals surface area contributed by atoms with Crippen molar-refractivity contribution < 1.29 is 17.9 Å². The summed E-state index contributed by atoms with van der Waals surface area (Å²) < 4.78 is 38.0. The van der Waals surface area contributed by atoms with E-state index in [-0.39, 0.29) is 16.5 Å². The van der Waals surface area contributed by atoms with E-state index in [4.69, 9.17) is 9.47 Å². The number of ether oxygens (including phenoxy) is 2. The maximum atomic E-state index is 12.7. The Morgan fingerprint density at radius 1 is 1.04 bits per heavy atom. The monoisotopic (exact) mass is 395 g/mol. The predicted octanol–water partition coefficient (Wildman–Crippen LogP) is 1.66. The fourth-order valence-corrected chi connectivity index (χ4v) is 3.46. The minimum absolute atomic E-state index is 0.0444. The first kappa shape index (κ1) is 20.7. The van der Waals surface area contributed by atoms with Crippen molar-refractivity contribution in [2.45, 2.75) is 11.3 Å². The first-order chi connectivity index (χ1) is 12.9. The number of methoxy groups -OCH3 is 2. The molecule has 148 valence electrons. The molecule has 0 aliphatic heterocycles. The van der Waals surface area contributed by atoms with Crippen molar-refractivity contribution in [1.29, 1.82) is 0 Å². The molecule has 2 N–H and O–H groups in total. The van der Waals surface area contributed by atoms with E-state index in [1.165, 1.54) is 26.4 Å².